The van der Waals surface area contributed by atoms with E-state index in [1.54, 1.807) is 0 Å². The van der Waals surface area contributed by atoms with E-state index in [2.05, 4.69) is 5.32 Å². The van der Waals surface area contributed by atoms with Gasteiger partial charge in [-0.1, -0.05) is 0 Å². The number of hydrogen-bond acceptors (Lipinski definition) is 5. The Hall–Kier alpha value is -2.15. The van der Waals surface area contributed by atoms with Crippen LogP contribution >= 0.6 is 0 Å². The van der Waals surface area contributed by atoms with Crippen molar-refractivity contribution in [2.24, 2.45) is 0 Å². The molecule has 7 heteroatoms. The Bertz CT molecular complexity index is 474. The van der Waals surface area contributed by atoms with Gasteiger partial charge in [-0.3, -0.25) is 10.1 Å². The van der Waals surface area contributed by atoms with Crippen LogP contribution in [-0.4, -0.2) is 48.1 Å². The van der Waals surface area contributed by atoms with Gasteiger partial charge in [-0.05, 0) is 39.2 Å². The van der Waals surface area contributed by atoms with Crippen molar-refractivity contribution < 1.29 is 14.8 Å². The summed E-state index contributed by atoms with van der Waals surface area (Å²) in [7, 11) is 3.93. The van der Waals surface area contributed by atoms with Crippen molar-refractivity contribution in [2.75, 3.05) is 32.5 Å². The number of aromatic carboxylic acids is 1. The second-order valence-electron chi connectivity index (χ2n) is 4.38. The molecule has 0 heterocycles. The number of nitro benzene ring substituents is 1. The van der Waals surface area contributed by atoms with Crippen molar-refractivity contribution >= 4 is 17.3 Å². The van der Waals surface area contributed by atoms with Gasteiger partial charge in [0.25, 0.3) is 5.69 Å². The second-order valence-corrected chi connectivity index (χ2v) is 4.38. The molecular formula is C12H17N3O4. The summed E-state index contributed by atoms with van der Waals surface area (Å²) in [6.07, 6.45) is 0.890. The van der Waals surface area contributed by atoms with Crippen molar-refractivity contribution in [1.82, 2.24) is 4.90 Å². The smallest absolute Gasteiger partial charge is 0.342 e. The standard InChI is InChI=1S/C12H17N3O4/c1-14(2)7-3-6-13-9-4-5-10(12(16)17)11(8-9)15(18)19/h4-5,8,13H,3,6-7H2,1-2H3,(H,16,17). The average Bonchev–Trinajstić information content (AvgIpc) is 2.33. The molecule has 0 bridgehead atoms. The average molecular weight is 267 g/mol. The predicted octanol–water partition coefficient (Wildman–Crippen LogP) is 1.66. The third-order valence-corrected chi connectivity index (χ3v) is 2.54. The number of nitrogens with zero attached hydrogens (tertiary/aromatic N) is 2. The van der Waals surface area contributed by atoms with Crippen LogP contribution in [-0.2, 0) is 0 Å². The second kappa shape index (κ2) is 6.69. The highest BCUT2D eigenvalue weighted by molar-refractivity contribution is 5.93. The van der Waals surface area contributed by atoms with Crippen molar-refractivity contribution in [3.8, 4) is 0 Å². The Morgan fingerprint density at radius 1 is 1.47 bits per heavy atom. The van der Waals surface area contributed by atoms with Crippen LogP contribution in [0.2, 0.25) is 0 Å². The van der Waals surface area contributed by atoms with Gasteiger partial charge < -0.3 is 15.3 Å². The van der Waals surface area contributed by atoms with E-state index in [0.29, 0.717) is 12.2 Å². The number of carbonyl (C=O) groups is 1. The monoisotopic (exact) mass is 267 g/mol. The maximum absolute atomic E-state index is 10.8. The summed E-state index contributed by atoms with van der Waals surface area (Å²) in [5.41, 5.74) is -0.149. The van der Waals surface area contributed by atoms with Crippen molar-refractivity contribution in [2.45, 2.75) is 6.42 Å². The molecule has 0 aromatic heterocycles. The first kappa shape index (κ1) is 14.9. The molecule has 0 aliphatic heterocycles. The highest BCUT2D eigenvalue weighted by Gasteiger charge is 2.19. The number of carboxylic acid groups (broad SMARTS) is 1. The third-order valence-electron chi connectivity index (χ3n) is 2.54. The normalized spacial score (nSPS) is 10.5. The Kier molecular flexibility index (Phi) is 5.25. The minimum Gasteiger partial charge on any atom is -0.477 e. The highest BCUT2D eigenvalue weighted by atomic mass is 16.6. The molecule has 0 radical (unpaired) electrons. The van der Waals surface area contributed by atoms with Crippen LogP contribution in [0.1, 0.15) is 16.8 Å². The molecule has 0 amide bonds. The number of hydrogen-bond donors (Lipinski definition) is 2. The van der Waals surface area contributed by atoms with Crippen molar-refractivity contribution in [3.05, 3.63) is 33.9 Å². The minimum atomic E-state index is -1.30. The van der Waals surface area contributed by atoms with Crippen LogP contribution in [0.15, 0.2) is 18.2 Å². The lowest BCUT2D eigenvalue weighted by atomic mass is 10.1. The van der Waals surface area contributed by atoms with Gasteiger partial charge in [0.2, 0.25) is 0 Å². The lowest BCUT2D eigenvalue weighted by molar-refractivity contribution is -0.385. The zero-order valence-corrected chi connectivity index (χ0v) is 10.9. The summed E-state index contributed by atoms with van der Waals surface area (Å²) in [6.45, 7) is 1.57. The van der Waals surface area contributed by atoms with E-state index in [1.165, 1.54) is 18.2 Å². The molecule has 104 valence electrons. The number of benzene rings is 1. The van der Waals surface area contributed by atoms with Gasteiger partial charge in [-0.25, -0.2) is 4.79 Å². The summed E-state index contributed by atoms with van der Waals surface area (Å²) >= 11 is 0. The molecule has 0 saturated heterocycles. The molecule has 0 aliphatic carbocycles. The van der Waals surface area contributed by atoms with Crippen LogP contribution in [0.25, 0.3) is 0 Å². The number of rotatable bonds is 7. The highest BCUT2D eigenvalue weighted by Crippen LogP contribution is 2.23. The summed E-state index contributed by atoms with van der Waals surface area (Å²) in [6, 6.07) is 4.03. The minimum absolute atomic E-state index is 0.302. The Morgan fingerprint density at radius 3 is 2.68 bits per heavy atom. The van der Waals surface area contributed by atoms with Gasteiger partial charge in [-0.2, -0.15) is 0 Å². The molecular weight excluding hydrogens is 250 g/mol. The molecule has 0 fully saturated rings. The Balaban J connectivity index is 2.73. The van der Waals surface area contributed by atoms with Crippen LogP contribution in [0.5, 0.6) is 0 Å². The molecule has 1 rings (SSSR count). The quantitative estimate of drug-likeness (QED) is 0.443. The molecule has 1 aromatic carbocycles. The maximum atomic E-state index is 10.8. The topological polar surface area (TPSA) is 95.7 Å². The largest absolute Gasteiger partial charge is 0.477 e. The fraction of sp³-hybridized carbons (Fsp3) is 0.417. The summed E-state index contributed by atoms with van der Waals surface area (Å²) < 4.78 is 0. The molecule has 0 atom stereocenters. The summed E-state index contributed by atoms with van der Waals surface area (Å²) in [5.74, 6) is -1.30. The van der Waals surface area contributed by atoms with E-state index in [0.717, 1.165) is 13.0 Å². The van der Waals surface area contributed by atoms with Crippen LogP contribution in [0.4, 0.5) is 11.4 Å². The van der Waals surface area contributed by atoms with E-state index in [4.69, 9.17) is 5.11 Å². The van der Waals surface area contributed by atoms with Gasteiger partial charge in [0.05, 0.1) is 4.92 Å². The molecule has 0 aliphatic rings. The fourth-order valence-electron chi connectivity index (χ4n) is 1.60. The molecule has 1 aromatic rings. The Labute approximate surface area is 111 Å². The first-order valence-electron chi connectivity index (χ1n) is 5.82. The van der Waals surface area contributed by atoms with Crippen LogP contribution in [0.3, 0.4) is 0 Å². The predicted molar refractivity (Wildman–Crippen MR) is 71.7 cm³/mol. The molecule has 2 N–H and O–H groups in total. The van der Waals surface area contributed by atoms with E-state index in [1.807, 2.05) is 19.0 Å². The van der Waals surface area contributed by atoms with Crippen molar-refractivity contribution in [1.29, 1.82) is 0 Å². The van der Waals surface area contributed by atoms with Crippen LogP contribution < -0.4 is 5.32 Å². The molecule has 19 heavy (non-hydrogen) atoms. The molecule has 7 nitrogen and oxygen atoms in total. The lowest BCUT2D eigenvalue weighted by Gasteiger charge is -2.10. The SMILES string of the molecule is CN(C)CCCNc1ccc(C(=O)O)c([N+](=O)[O-])c1. The lowest BCUT2D eigenvalue weighted by Crippen LogP contribution is -2.16. The van der Waals surface area contributed by atoms with Gasteiger partial charge in [0.15, 0.2) is 0 Å². The summed E-state index contributed by atoms with van der Waals surface area (Å²) in [4.78, 5) is 23.0. The van der Waals surface area contributed by atoms with Gasteiger partial charge in [0, 0.05) is 18.3 Å². The number of carboxylic acids is 1. The third kappa shape index (κ3) is 4.55. The molecule has 0 spiro atoms. The van der Waals surface area contributed by atoms with E-state index >= 15 is 0 Å². The maximum Gasteiger partial charge on any atom is 0.342 e. The van der Waals surface area contributed by atoms with Crippen LogP contribution in [0, 0.1) is 10.1 Å². The van der Waals surface area contributed by atoms with Gasteiger partial charge in [0.1, 0.15) is 5.56 Å². The number of nitro groups is 1. The fourth-order valence-corrected chi connectivity index (χ4v) is 1.60. The van der Waals surface area contributed by atoms with E-state index in [-0.39, 0.29) is 5.56 Å². The zero-order valence-electron chi connectivity index (χ0n) is 10.9. The van der Waals surface area contributed by atoms with E-state index < -0.39 is 16.6 Å². The van der Waals surface area contributed by atoms with Crippen molar-refractivity contribution in [3.63, 3.8) is 0 Å². The Morgan fingerprint density at radius 2 is 2.16 bits per heavy atom. The number of anilines is 1. The van der Waals surface area contributed by atoms with E-state index in [9.17, 15) is 14.9 Å². The first-order valence-corrected chi connectivity index (χ1v) is 5.82. The number of nitrogens with one attached hydrogen (secondary N) is 1. The molecule has 0 unspecified atom stereocenters. The van der Waals surface area contributed by atoms with Gasteiger partial charge in [-0.15, -0.1) is 0 Å². The molecule has 0 saturated carbocycles. The van der Waals surface area contributed by atoms with Gasteiger partial charge >= 0.3 is 5.97 Å². The first-order chi connectivity index (χ1) is 8.91. The zero-order chi connectivity index (χ0) is 14.4. The summed E-state index contributed by atoms with van der Waals surface area (Å²) in [5, 5.41) is 22.7.